The highest BCUT2D eigenvalue weighted by molar-refractivity contribution is 8.76. The Balaban J connectivity index is 1.77. The van der Waals surface area contributed by atoms with E-state index >= 15 is 0 Å². The van der Waals surface area contributed by atoms with Gasteiger partial charge in [0.15, 0.2) is 0 Å². The van der Waals surface area contributed by atoms with Crippen LogP contribution >= 0.6 is 21.6 Å². The van der Waals surface area contributed by atoms with Crippen LogP contribution < -0.4 is 48.7 Å². The zero-order valence-corrected chi connectivity index (χ0v) is 45.5. The molecule has 24 nitrogen and oxygen atoms in total. The summed E-state index contributed by atoms with van der Waals surface area (Å²) < 4.78 is 0. The minimum absolute atomic E-state index is 0.0475. The number of hydrogen-bond donors (Lipinski definition) is 11. The van der Waals surface area contributed by atoms with Crippen LogP contribution in [-0.4, -0.2) is 177 Å². The lowest BCUT2D eigenvalue weighted by Gasteiger charge is -2.31. The van der Waals surface area contributed by atoms with Crippen LogP contribution in [0.3, 0.4) is 0 Å². The summed E-state index contributed by atoms with van der Waals surface area (Å²) in [5, 5.41) is 28.3. The Morgan fingerprint density at radius 3 is 2.00 bits per heavy atom. The Hall–Kier alpha value is -5.47. The van der Waals surface area contributed by atoms with Gasteiger partial charge in [0.2, 0.25) is 53.2 Å². The molecular formula is C48H81N13O11S2. The molecule has 9 atom stereocenters. The Kier molecular flexibility index (Phi) is 27.2. The zero-order chi connectivity index (χ0) is 55.1. The molecule has 1 aromatic heterocycles. The maximum absolute atomic E-state index is 14.4. The monoisotopic (exact) mass is 1080 g/mol. The number of nitrogens with zero attached hydrogens (tertiary/aromatic N) is 3. The van der Waals surface area contributed by atoms with E-state index in [0.29, 0.717) is 51.0 Å². The van der Waals surface area contributed by atoms with Gasteiger partial charge in [-0.15, -0.1) is 0 Å². The number of carboxylic acid groups (broad SMARTS) is 1. The summed E-state index contributed by atoms with van der Waals surface area (Å²) in [6.45, 7) is 13.3. The van der Waals surface area contributed by atoms with Gasteiger partial charge in [-0.3, -0.25) is 47.9 Å². The number of rotatable bonds is 30. The standard InChI is InChI=1S/C48H81N13O11S2/c1-8-29(6)39(50)45(69)57-34(22-27(2)3)43(67)55-32(12-9-10-16-49)42(66)56-33(14-15-38(63)64)48(72)61-17-11-13-36(61)44(68)59-40(28(4)5)46(70)58-35(23-31-24-51-26-53-31)41(65)52-25-37(62)54-30(7)47(71)60-18-20-73-74-21-19-60/h24,26-30,32-36,39-40H,8-23,25,49-50H2,1-7H3,(H,51,53)(H,52,65)(H,54,62)(H,55,67)(H,56,66)(H,57,69)(H,58,70)(H,59,68)(H,63,64)/t29-,30-,32-,33-,34-,35-,36-,39-,40-/m0/s1. The van der Waals surface area contributed by atoms with Gasteiger partial charge in [0.05, 0.1) is 18.9 Å². The SMILES string of the molecule is CC[C@H](C)[C@H](N)C(=O)N[C@@H](CC(C)C)C(=O)N[C@@H](CCCCN)C(=O)N[C@@H](CCC(=O)O)C(=O)N1CCC[C@H]1C(=O)N[C@H](C(=O)N[C@@H](Cc1cnc[nH]1)C(=O)NCC(=O)N[C@@H](C)C(=O)N1CCSSCC1)C(C)C. The molecule has 2 aliphatic rings. The first-order chi connectivity index (χ1) is 35.1. The van der Waals surface area contributed by atoms with E-state index < -0.39 is 120 Å². The predicted molar refractivity (Wildman–Crippen MR) is 280 cm³/mol. The molecule has 416 valence electrons. The quantitative estimate of drug-likeness (QED) is 0.0335. The number of hydrogen-bond acceptors (Lipinski definition) is 15. The molecule has 1 aromatic rings. The number of nitrogens with two attached hydrogens (primary N) is 2. The molecule has 0 unspecified atom stereocenters. The molecule has 74 heavy (non-hydrogen) atoms. The van der Waals surface area contributed by atoms with Crippen molar-refractivity contribution in [1.29, 1.82) is 0 Å². The van der Waals surface area contributed by atoms with Gasteiger partial charge in [-0.2, -0.15) is 0 Å². The van der Waals surface area contributed by atoms with Gasteiger partial charge < -0.3 is 68.6 Å². The average Bonchev–Trinajstić information content (AvgIpc) is 4.00. The number of likely N-dealkylation sites (tertiary alicyclic amines) is 1. The Labute approximate surface area is 441 Å². The van der Waals surface area contributed by atoms with Gasteiger partial charge in [-0.25, -0.2) is 4.98 Å². The molecule has 0 aliphatic carbocycles. The second-order valence-electron chi connectivity index (χ2n) is 19.7. The molecule has 3 rings (SSSR count). The van der Waals surface area contributed by atoms with E-state index in [1.807, 2.05) is 27.7 Å². The third kappa shape index (κ3) is 20.7. The van der Waals surface area contributed by atoms with E-state index in [9.17, 15) is 53.1 Å². The van der Waals surface area contributed by atoms with E-state index in [2.05, 4.69) is 47.2 Å². The predicted octanol–water partition coefficient (Wildman–Crippen LogP) is -0.719. The molecule has 0 spiro atoms. The minimum Gasteiger partial charge on any atom is -0.481 e. The summed E-state index contributed by atoms with van der Waals surface area (Å²) in [7, 11) is 3.35. The number of carbonyl (C=O) groups is 10. The molecule has 3 heterocycles. The third-order valence-corrected chi connectivity index (χ3v) is 15.3. The lowest BCUT2D eigenvalue weighted by atomic mass is 9.97. The summed E-state index contributed by atoms with van der Waals surface area (Å²) >= 11 is 0. The fraction of sp³-hybridized carbons (Fsp3) is 0.729. The summed E-state index contributed by atoms with van der Waals surface area (Å²) in [4.78, 5) is 145. The van der Waals surface area contributed by atoms with Crippen LogP contribution in [0, 0.1) is 17.8 Å². The van der Waals surface area contributed by atoms with E-state index in [0.717, 1.165) is 11.5 Å². The van der Waals surface area contributed by atoms with Crippen LogP contribution in [0.5, 0.6) is 0 Å². The number of carboxylic acids is 1. The number of aliphatic carboxylic acids is 1. The first-order valence-electron chi connectivity index (χ1n) is 25.6. The second kappa shape index (κ2) is 32.1. The van der Waals surface area contributed by atoms with Crippen molar-refractivity contribution in [3.63, 3.8) is 0 Å². The summed E-state index contributed by atoms with van der Waals surface area (Å²) in [6, 6.07) is -9.09. The number of aromatic amines is 1. The van der Waals surface area contributed by atoms with Crippen molar-refractivity contribution in [2.45, 2.75) is 161 Å². The van der Waals surface area contributed by atoms with E-state index in [4.69, 9.17) is 11.5 Å². The molecule has 2 saturated heterocycles. The van der Waals surface area contributed by atoms with Crippen LogP contribution in [0.1, 0.15) is 112 Å². The van der Waals surface area contributed by atoms with Crippen LogP contribution in [-0.2, 0) is 54.4 Å². The molecule has 26 heteroatoms. The smallest absolute Gasteiger partial charge is 0.303 e. The Bertz CT molecular complexity index is 2040. The van der Waals surface area contributed by atoms with Crippen molar-refractivity contribution >= 4 is 80.7 Å². The van der Waals surface area contributed by atoms with Gasteiger partial charge in [-0.1, -0.05) is 69.6 Å². The number of carbonyl (C=O) groups excluding carboxylic acids is 9. The number of amides is 9. The van der Waals surface area contributed by atoms with Crippen LogP contribution in [0.25, 0.3) is 0 Å². The van der Waals surface area contributed by atoms with Gasteiger partial charge in [-0.05, 0) is 76.2 Å². The first-order valence-corrected chi connectivity index (χ1v) is 28.1. The summed E-state index contributed by atoms with van der Waals surface area (Å²) in [5.74, 6) is -6.26. The largest absolute Gasteiger partial charge is 0.481 e. The summed E-state index contributed by atoms with van der Waals surface area (Å²) in [6.07, 6.45) is 4.24. The van der Waals surface area contributed by atoms with Crippen molar-refractivity contribution in [3.05, 3.63) is 18.2 Å². The first kappa shape index (κ1) is 62.8. The molecular weight excluding hydrogens is 999 g/mol. The van der Waals surface area contributed by atoms with Gasteiger partial charge in [0.1, 0.15) is 42.3 Å². The molecule has 0 bridgehead atoms. The van der Waals surface area contributed by atoms with Crippen molar-refractivity contribution in [1.82, 2.24) is 57.0 Å². The molecule has 0 saturated carbocycles. The maximum Gasteiger partial charge on any atom is 0.303 e. The average molecular weight is 1080 g/mol. The van der Waals surface area contributed by atoms with Crippen molar-refractivity contribution in [3.8, 4) is 0 Å². The van der Waals surface area contributed by atoms with Crippen molar-refractivity contribution in [2.75, 3.05) is 44.2 Å². The number of unbranched alkanes of at least 4 members (excludes halogenated alkanes) is 1. The highest BCUT2D eigenvalue weighted by Crippen LogP contribution is 2.24. The van der Waals surface area contributed by atoms with Crippen LogP contribution in [0.2, 0.25) is 0 Å². The van der Waals surface area contributed by atoms with E-state index in [1.54, 1.807) is 47.3 Å². The molecule has 0 aromatic carbocycles. The van der Waals surface area contributed by atoms with Gasteiger partial charge in [0.25, 0.3) is 0 Å². The summed E-state index contributed by atoms with van der Waals surface area (Å²) in [5.41, 5.74) is 12.4. The van der Waals surface area contributed by atoms with Gasteiger partial charge in [0, 0.05) is 55.9 Å². The third-order valence-electron chi connectivity index (χ3n) is 12.9. The zero-order valence-electron chi connectivity index (χ0n) is 43.9. The molecule has 2 aliphatic heterocycles. The molecule has 2 fully saturated rings. The number of imidazole rings is 1. The lowest BCUT2D eigenvalue weighted by Crippen LogP contribution is -2.60. The topological polar surface area (TPSA) is 362 Å². The highest BCUT2D eigenvalue weighted by atomic mass is 33.1. The maximum atomic E-state index is 14.4. The molecule has 0 radical (unpaired) electrons. The normalized spacial score (nSPS) is 18.1. The Morgan fingerprint density at radius 1 is 0.770 bits per heavy atom. The van der Waals surface area contributed by atoms with Crippen LogP contribution in [0.15, 0.2) is 12.5 Å². The fourth-order valence-corrected chi connectivity index (χ4v) is 10.3. The van der Waals surface area contributed by atoms with E-state index in [1.165, 1.54) is 17.4 Å². The van der Waals surface area contributed by atoms with Crippen molar-refractivity contribution in [2.24, 2.45) is 29.2 Å². The number of H-pyrrole nitrogens is 1. The van der Waals surface area contributed by atoms with Crippen LogP contribution in [0.4, 0.5) is 0 Å². The fourth-order valence-electron chi connectivity index (χ4n) is 8.35. The number of aromatic nitrogens is 2. The highest BCUT2D eigenvalue weighted by Gasteiger charge is 2.41. The van der Waals surface area contributed by atoms with Crippen molar-refractivity contribution < 1.29 is 53.1 Å². The second-order valence-corrected chi connectivity index (χ2v) is 22.4. The van der Waals surface area contributed by atoms with Gasteiger partial charge >= 0.3 is 5.97 Å². The Morgan fingerprint density at radius 2 is 1.41 bits per heavy atom. The lowest BCUT2D eigenvalue weighted by molar-refractivity contribution is -0.144. The molecule has 13 N–H and O–H groups in total. The molecule has 9 amide bonds. The minimum atomic E-state index is -1.45. The number of nitrogens with one attached hydrogen (secondary N) is 8. The van der Waals surface area contributed by atoms with E-state index in [-0.39, 0.29) is 56.4 Å².